The molecular weight excluding hydrogens is 280 g/mol. The van der Waals surface area contributed by atoms with Gasteiger partial charge in [0.05, 0.1) is 15.9 Å². The quantitative estimate of drug-likeness (QED) is 0.908. The molecule has 4 heteroatoms. The van der Waals surface area contributed by atoms with E-state index in [-0.39, 0.29) is 12.0 Å². The van der Waals surface area contributed by atoms with Crippen LogP contribution in [0.1, 0.15) is 38.1 Å². The fraction of sp³-hybridized carbons (Fsp3) is 0.769. The molecule has 0 aromatic carbocycles. The number of nitrogens with zero attached hydrogens (tertiary/aromatic N) is 2. The van der Waals surface area contributed by atoms with Gasteiger partial charge in [0.25, 0.3) is 0 Å². The average molecular weight is 301 g/mol. The Morgan fingerprint density at radius 1 is 1.53 bits per heavy atom. The fourth-order valence-corrected chi connectivity index (χ4v) is 2.95. The minimum atomic E-state index is 0.0158. The molecule has 2 rings (SSSR count). The van der Waals surface area contributed by atoms with Crippen molar-refractivity contribution in [3.63, 3.8) is 0 Å². The molecule has 0 spiro atoms. The standard InChI is InChI=1S/C13H21BrN2O/c1-4-16-11(12(14)9(2)15-16)7-13(3,8-17)10-5-6-10/h10,17H,4-8H2,1-3H3. The minimum Gasteiger partial charge on any atom is -0.396 e. The molecule has 0 radical (unpaired) electrons. The van der Waals surface area contributed by atoms with Gasteiger partial charge in [-0.05, 0) is 60.4 Å². The highest BCUT2D eigenvalue weighted by molar-refractivity contribution is 9.10. The second kappa shape index (κ2) is 4.73. The van der Waals surface area contributed by atoms with Crippen molar-refractivity contribution in [1.82, 2.24) is 9.78 Å². The minimum absolute atomic E-state index is 0.0158. The Balaban J connectivity index is 2.27. The zero-order chi connectivity index (χ0) is 12.6. The number of aliphatic hydroxyl groups is 1. The van der Waals surface area contributed by atoms with Crippen molar-refractivity contribution in [3.05, 3.63) is 15.9 Å². The Bertz CT molecular complexity index is 412. The summed E-state index contributed by atoms with van der Waals surface area (Å²) in [7, 11) is 0. The fourth-order valence-electron chi connectivity index (χ4n) is 2.53. The third kappa shape index (κ3) is 2.43. The molecule has 0 aliphatic heterocycles. The van der Waals surface area contributed by atoms with Crippen LogP contribution in [-0.2, 0) is 13.0 Å². The Morgan fingerprint density at radius 3 is 2.65 bits per heavy atom. The molecule has 1 aromatic heterocycles. The van der Waals surface area contributed by atoms with Gasteiger partial charge in [0, 0.05) is 13.2 Å². The van der Waals surface area contributed by atoms with E-state index in [2.05, 4.69) is 39.6 Å². The largest absolute Gasteiger partial charge is 0.396 e. The van der Waals surface area contributed by atoms with Crippen LogP contribution >= 0.6 is 15.9 Å². The molecule has 3 nitrogen and oxygen atoms in total. The van der Waals surface area contributed by atoms with E-state index >= 15 is 0 Å². The second-order valence-corrected chi connectivity index (χ2v) is 6.22. The summed E-state index contributed by atoms with van der Waals surface area (Å²) in [6.45, 7) is 7.47. The zero-order valence-electron chi connectivity index (χ0n) is 10.8. The van der Waals surface area contributed by atoms with E-state index in [9.17, 15) is 5.11 Å². The summed E-state index contributed by atoms with van der Waals surface area (Å²) in [6, 6.07) is 0. The first-order valence-electron chi connectivity index (χ1n) is 6.34. The Labute approximate surface area is 111 Å². The summed E-state index contributed by atoms with van der Waals surface area (Å²) in [5, 5.41) is 14.2. The number of aliphatic hydroxyl groups excluding tert-OH is 1. The molecule has 0 saturated heterocycles. The van der Waals surface area contributed by atoms with Gasteiger partial charge in [-0.25, -0.2) is 0 Å². The van der Waals surface area contributed by atoms with Gasteiger partial charge in [-0.3, -0.25) is 4.68 Å². The third-order valence-corrected chi connectivity index (χ3v) is 4.98. The molecule has 1 aromatic rings. The summed E-state index contributed by atoms with van der Waals surface area (Å²) in [4.78, 5) is 0. The lowest BCUT2D eigenvalue weighted by atomic mass is 9.81. The van der Waals surface area contributed by atoms with E-state index in [1.807, 2.05) is 6.92 Å². The van der Waals surface area contributed by atoms with Crippen LogP contribution in [0.5, 0.6) is 0 Å². The first-order chi connectivity index (χ1) is 8.01. The van der Waals surface area contributed by atoms with Crippen molar-refractivity contribution < 1.29 is 5.11 Å². The number of aryl methyl sites for hydroxylation is 2. The van der Waals surface area contributed by atoms with Crippen LogP contribution < -0.4 is 0 Å². The molecule has 0 amide bonds. The van der Waals surface area contributed by atoms with Crippen LogP contribution in [0.2, 0.25) is 0 Å². The highest BCUT2D eigenvalue weighted by atomic mass is 79.9. The van der Waals surface area contributed by atoms with Crippen LogP contribution in [0.15, 0.2) is 4.47 Å². The summed E-state index contributed by atoms with van der Waals surface area (Å²) in [5.74, 6) is 0.680. The number of hydrogen-bond donors (Lipinski definition) is 1. The number of hydrogen-bond acceptors (Lipinski definition) is 2. The number of aromatic nitrogens is 2. The van der Waals surface area contributed by atoms with Crippen molar-refractivity contribution in [2.45, 2.75) is 46.6 Å². The van der Waals surface area contributed by atoms with Gasteiger partial charge >= 0.3 is 0 Å². The van der Waals surface area contributed by atoms with Crippen molar-refractivity contribution >= 4 is 15.9 Å². The number of rotatable bonds is 5. The Kier molecular flexibility index (Phi) is 3.64. The summed E-state index contributed by atoms with van der Waals surface area (Å²) in [6.07, 6.45) is 3.42. The normalized spacial score (nSPS) is 19.4. The smallest absolute Gasteiger partial charge is 0.0738 e. The predicted molar refractivity (Wildman–Crippen MR) is 72.0 cm³/mol. The first kappa shape index (κ1) is 13.1. The molecular formula is C13H21BrN2O. The molecule has 1 saturated carbocycles. The van der Waals surface area contributed by atoms with E-state index < -0.39 is 0 Å². The monoisotopic (exact) mass is 300 g/mol. The SMILES string of the molecule is CCn1nc(C)c(Br)c1CC(C)(CO)C1CC1. The Hall–Kier alpha value is -0.350. The maximum absolute atomic E-state index is 9.67. The van der Waals surface area contributed by atoms with Gasteiger partial charge in [0.2, 0.25) is 0 Å². The van der Waals surface area contributed by atoms with Crippen LogP contribution in [0.4, 0.5) is 0 Å². The molecule has 1 aliphatic carbocycles. The third-order valence-electron chi connectivity index (χ3n) is 3.95. The van der Waals surface area contributed by atoms with Gasteiger partial charge in [-0.1, -0.05) is 6.92 Å². The second-order valence-electron chi connectivity index (χ2n) is 5.43. The van der Waals surface area contributed by atoms with E-state index in [0.29, 0.717) is 5.92 Å². The highest BCUT2D eigenvalue weighted by Crippen LogP contribution is 2.47. The summed E-state index contributed by atoms with van der Waals surface area (Å²) >= 11 is 3.63. The lowest BCUT2D eigenvalue weighted by molar-refractivity contribution is 0.117. The topological polar surface area (TPSA) is 38.0 Å². The predicted octanol–water partition coefficient (Wildman–Crippen LogP) is 2.93. The lowest BCUT2D eigenvalue weighted by Crippen LogP contribution is -2.28. The van der Waals surface area contributed by atoms with E-state index in [0.717, 1.165) is 23.1 Å². The molecule has 1 atom stereocenters. The van der Waals surface area contributed by atoms with Crippen molar-refractivity contribution in [1.29, 1.82) is 0 Å². The van der Waals surface area contributed by atoms with Crippen molar-refractivity contribution in [2.75, 3.05) is 6.61 Å². The van der Waals surface area contributed by atoms with Gasteiger partial charge in [-0.15, -0.1) is 0 Å². The van der Waals surface area contributed by atoms with Gasteiger partial charge in [0.1, 0.15) is 0 Å². The van der Waals surface area contributed by atoms with E-state index in [4.69, 9.17) is 0 Å². The van der Waals surface area contributed by atoms with Crippen molar-refractivity contribution in [2.24, 2.45) is 11.3 Å². The van der Waals surface area contributed by atoms with Crippen LogP contribution in [0.25, 0.3) is 0 Å². The number of halogens is 1. The summed E-state index contributed by atoms with van der Waals surface area (Å²) < 4.78 is 3.16. The molecule has 0 bridgehead atoms. The average Bonchev–Trinajstić information content (AvgIpc) is 3.13. The van der Waals surface area contributed by atoms with Crippen molar-refractivity contribution in [3.8, 4) is 0 Å². The van der Waals surface area contributed by atoms with Gasteiger partial charge in [0.15, 0.2) is 0 Å². The van der Waals surface area contributed by atoms with Gasteiger partial charge < -0.3 is 5.11 Å². The van der Waals surface area contributed by atoms with Crippen LogP contribution in [-0.4, -0.2) is 21.5 Å². The molecule has 96 valence electrons. The Morgan fingerprint density at radius 2 is 2.18 bits per heavy atom. The summed E-state index contributed by atoms with van der Waals surface area (Å²) in [5.41, 5.74) is 2.29. The lowest BCUT2D eigenvalue weighted by Gasteiger charge is -2.27. The van der Waals surface area contributed by atoms with E-state index in [1.165, 1.54) is 18.5 Å². The molecule has 1 heterocycles. The molecule has 1 aliphatic rings. The molecule has 1 fully saturated rings. The maximum atomic E-state index is 9.67. The maximum Gasteiger partial charge on any atom is 0.0738 e. The molecule has 1 N–H and O–H groups in total. The highest BCUT2D eigenvalue weighted by Gasteiger charge is 2.42. The van der Waals surface area contributed by atoms with Crippen LogP contribution in [0.3, 0.4) is 0 Å². The van der Waals surface area contributed by atoms with E-state index in [1.54, 1.807) is 0 Å². The molecule has 1 unspecified atom stereocenters. The molecule has 17 heavy (non-hydrogen) atoms. The van der Waals surface area contributed by atoms with Gasteiger partial charge in [-0.2, -0.15) is 5.10 Å². The zero-order valence-corrected chi connectivity index (χ0v) is 12.4. The van der Waals surface area contributed by atoms with Crippen LogP contribution in [0, 0.1) is 18.3 Å². The first-order valence-corrected chi connectivity index (χ1v) is 7.13.